The number of hydrogen-bond donors (Lipinski definition) is 2. The molecule has 1 aliphatic carbocycles. The van der Waals surface area contributed by atoms with Gasteiger partial charge in [-0.25, -0.2) is 0 Å². The molecule has 1 fully saturated rings. The summed E-state index contributed by atoms with van der Waals surface area (Å²) >= 11 is 0. The number of guanidine groups is 1. The van der Waals surface area contributed by atoms with Gasteiger partial charge in [-0.2, -0.15) is 0 Å². The summed E-state index contributed by atoms with van der Waals surface area (Å²) in [6.45, 7) is 4.10. The Morgan fingerprint density at radius 2 is 1.79 bits per heavy atom. The quantitative estimate of drug-likeness (QED) is 0.363. The van der Waals surface area contributed by atoms with Gasteiger partial charge >= 0.3 is 0 Å². The van der Waals surface area contributed by atoms with E-state index in [2.05, 4.69) is 15.6 Å². The number of benzene rings is 1. The molecule has 0 atom stereocenters. The second-order valence-electron chi connectivity index (χ2n) is 5.51. The summed E-state index contributed by atoms with van der Waals surface area (Å²) in [7, 11) is 5.04. The van der Waals surface area contributed by atoms with E-state index in [1.54, 1.807) is 21.3 Å². The second kappa shape index (κ2) is 10.5. The summed E-state index contributed by atoms with van der Waals surface area (Å²) in [5.74, 6) is 3.59. The summed E-state index contributed by atoms with van der Waals surface area (Å²) < 4.78 is 16.5. The number of halogens is 1. The number of ether oxygens (including phenoxy) is 3. The van der Waals surface area contributed by atoms with Crippen LogP contribution in [-0.4, -0.2) is 40.4 Å². The third kappa shape index (κ3) is 5.92. The van der Waals surface area contributed by atoms with Crippen molar-refractivity contribution in [3.8, 4) is 17.2 Å². The maximum absolute atomic E-state index is 5.62. The first-order valence-electron chi connectivity index (χ1n) is 8.04. The van der Waals surface area contributed by atoms with E-state index < -0.39 is 0 Å². The molecule has 136 valence electrons. The van der Waals surface area contributed by atoms with E-state index in [1.165, 1.54) is 12.8 Å². The monoisotopic (exact) mass is 449 g/mol. The normalized spacial score (nSPS) is 13.8. The Labute approximate surface area is 161 Å². The van der Waals surface area contributed by atoms with Crippen LogP contribution >= 0.6 is 24.0 Å². The molecule has 0 saturated heterocycles. The smallest absolute Gasteiger partial charge is 0.203 e. The summed E-state index contributed by atoms with van der Waals surface area (Å²) in [6, 6.07) is 3.91. The Hall–Kier alpha value is -1.38. The van der Waals surface area contributed by atoms with Crippen LogP contribution in [0.25, 0.3) is 0 Å². The van der Waals surface area contributed by atoms with E-state index in [1.807, 2.05) is 19.1 Å². The van der Waals surface area contributed by atoms with Crippen molar-refractivity contribution in [1.82, 2.24) is 10.6 Å². The van der Waals surface area contributed by atoms with Gasteiger partial charge in [0, 0.05) is 20.1 Å². The Morgan fingerprint density at radius 1 is 1.17 bits per heavy atom. The molecule has 0 aliphatic heterocycles. The summed E-state index contributed by atoms with van der Waals surface area (Å²) in [5, 5.41) is 6.65. The van der Waals surface area contributed by atoms with E-state index >= 15 is 0 Å². The molecule has 1 aromatic rings. The third-order valence-corrected chi connectivity index (χ3v) is 3.75. The fourth-order valence-electron chi connectivity index (χ4n) is 2.29. The number of aliphatic imine (C=N–C) groups is 1. The summed E-state index contributed by atoms with van der Waals surface area (Å²) in [4.78, 5) is 4.24. The molecule has 0 aromatic heterocycles. The van der Waals surface area contributed by atoms with Gasteiger partial charge in [0.15, 0.2) is 17.5 Å². The fraction of sp³-hybridized carbons (Fsp3) is 0.588. The van der Waals surface area contributed by atoms with Gasteiger partial charge in [0.05, 0.1) is 20.8 Å². The van der Waals surface area contributed by atoms with Crippen molar-refractivity contribution in [2.75, 3.05) is 34.4 Å². The van der Waals surface area contributed by atoms with Crippen molar-refractivity contribution in [2.24, 2.45) is 10.9 Å². The van der Waals surface area contributed by atoms with Crippen molar-refractivity contribution in [1.29, 1.82) is 0 Å². The minimum Gasteiger partial charge on any atom is -0.493 e. The molecule has 0 heterocycles. The predicted octanol–water partition coefficient (Wildman–Crippen LogP) is 2.80. The zero-order chi connectivity index (χ0) is 16.7. The molecule has 0 unspecified atom stereocenters. The zero-order valence-electron chi connectivity index (χ0n) is 14.8. The van der Waals surface area contributed by atoms with Crippen LogP contribution in [-0.2, 0) is 6.54 Å². The SMILES string of the molecule is CCOc1c(OC)cc(CNC(=NC)NCC2CC2)cc1OC.I. The lowest BCUT2D eigenvalue weighted by Crippen LogP contribution is -2.37. The third-order valence-electron chi connectivity index (χ3n) is 3.75. The van der Waals surface area contributed by atoms with Crippen LogP contribution in [0, 0.1) is 5.92 Å². The molecular formula is C17H28IN3O3. The molecule has 2 N–H and O–H groups in total. The Morgan fingerprint density at radius 3 is 2.25 bits per heavy atom. The van der Waals surface area contributed by atoms with E-state index in [-0.39, 0.29) is 24.0 Å². The van der Waals surface area contributed by atoms with Gasteiger partial charge in [-0.3, -0.25) is 4.99 Å². The highest BCUT2D eigenvalue weighted by Gasteiger charge is 2.21. The van der Waals surface area contributed by atoms with Crippen molar-refractivity contribution < 1.29 is 14.2 Å². The molecule has 1 saturated carbocycles. The predicted molar refractivity (Wildman–Crippen MR) is 107 cm³/mol. The van der Waals surface area contributed by atoms with Crippen LogP contribution in [0.5, 0.6) is 17.2 Å². The fourth-order valence-corrected chi connectivity index (χ4v) is 2.29. The molecule has 0 bridgehead atoms. The number of hydrogen-bond acceptors (Lipinski definition) is 4. The van der Waals surface area contributed by atoms with Gasteiger partial charge in [0.2, 0.25) is 5.75 Å². The van der Waals surface area contributed by atoms with Crippen molar-refractivity contribution in [2.45, 2.75) is 26.3 Å². The maximum Gasteiger partial charge on any atom is 0.203 e. The highest BCUT2D eigenvalue weighted by Crippen LogP contribution is 2.38. The van der Waals surface area contributed by atoms with Crippen LogP contribution in [0.1, 0.15) is 25.3 Å². The molecule has 1 aromatic carbocycles. The lowest BCUT2D eigenvalue weighted by Gasteiger charge is -2.16. The maximum atomic E-state index is 5.62. The van der Waals surface area contributed by atoms with Gasteiger partial charge in [-0.15, -0.1) is 24.0 Å². The van der Waals surface area contributed by atoms with Crippen molar-refractivity contribution >= 4 is 29.9 Å². The highest BCUT2D eigenvalue weighted by atomic mass is 127. The standard InChI is InChI=1S/C17H27N3O3.HI/c1-5-23-16-14(21-3)8-13(9-15(16)22-4)11-20-17(18-2)19-10-12-6-7-12;/h8-9,12H,5-7,10-11H2,1-4H3,(H2,18,19,20);1H. The molecule has 2 rings (SSSR count). The van der Waals surface area contributed by atoms with Gasteiger partial charge in [0.25, 0.3) is 0 Å². The van der Waals surface area contributed by atoms with Crippen LogP contribution in [0.2, 0.25) is 0 Å². The minimum absolute atomic E-state index is 0. The van der Waals surface area contributed by atoms with Crippen molar-refractivity contribution in [3.05, 3.63) is 17.7 Å². The second-order valence-corrected chi connectivity index (χ2v) is 5.51. The molecule has 0 spiro atoms. The Bertz CT molecular complexity index is 523. The van der Waals surface area contributed by atoms with E-state index in [9.17, 15) is 0 Å². The molecule has 7 heteroatoms. The van der Waals surface area contributed by atoms with E-state index in [0.29, 0.717) is 30.4 Å². The van der Waals surface area contributed by atoms with Crippen molar-refractivity contribution in [3.63, 3.8) is 0 Å². The zero-order valence-corrected chi connectivity index (χ0v) is 17.2. The lowest BCUT2D eigenvalue weighted by atomic mass is 10.2. The summed E-state index contributed by atoms with van der Waals surface area (Å²) in [5.41, 5.74) is 1.04. The number of rotatable bonds is 8. The number of methoxy groups -OCH3 is 2. The van der Waals surface area contributed by atoms with Gasteiger partial charge in [-0.1, -0.05) is 0 Å². The van der Waals surface area contributed by atoms with E-state index in [0.717, 1.165) is 24.0 Å². The Balaban J connectivity index is 0.00000288. The largest absolute Gasteiger partial charge is 0.493 e. The summed E-state index contributed by atoms with van der Waals surface area (Å²) in [6.07, 6.45) is 2.63. The van der Waals surface area contributed by atoms with Gasteiger partial charge < -0.3 is 24.8 Å². The molecule has 0 radical (unpaired) electrons. The van der Waals surface area contributed by atoms with Gasteiger partial charge in [-0.05, 0) is 43.4 Å². The minimum atomic E-state index is 0. The number of nitrogens with one attached hydrogen (secondary N) is 2. The highest BCUT2D eigenvalue weighted by molar-refractivity contribution is 14.0. The molecule has 1 aliphatic rings. The van der Waals surface area contributed by atoms with E-state index in [4.69, 9.17) is 14.2 Å². The molecule has 6 nitrogen and oxygen atoms in total. The average Bonchev–Trinajstić information content (AvgIpc) is 3.40. The first kappa shape index (κ1) is 20.7. The lowest BCUT2D eigenvalue weighted by molar-refractivity contribution is 0.288. The topological polar surface area (TPSA) is 64.1 Å². The van der Waals surface area contributed by atoms with Crippen LogP contribution in [0.3, 0.4) is 0 Å². The average molecular weight is 449 g/mol. The molecule has 24 heavy (non-hydrogen) atoms. The van der Waals surface area contributed by atoms with Crippen LogP contribution < -0.4 is 24.8 Å². The number of nitrogens with zero attached hydrogens (tertiary/aromatic N) is 1. The molecular weight excluding hydrogens is 421 g/mol. The van der Waals surface area contributed by atoms with Crippen LogP contribution in [0.15, 0.2) is 17.1 Å². The van der Waals surface area contributed by atoms with Crippen LogP contribution in [0.4, 0.5) is 0 Å². The van der Waals surface area contributed by atoms with Gasteiger partial charge in [0.1, 0.15) is 0 Å². The Kier molecular flexibility index (Phi) is 9.02. The first-order valence-corrected chi connectivity index (χ1v) is 8.04. The first-order chi connectivity index (χ1) is 11.2. The molecule has 0 amide bonds.